The fourth-order valence-corrected chi connectivity index (χ4v) is 2.40. The number of rotatable bonds is 4. The summed E-state index contributed by atoms with van der Waals surface area (Å²) in [6, 6.07) is 0. The van der Waals surface area contributed by atoms with E-state index in [1.165, 1.54) is 0 Å². The summed E-state index contributed by atoms with van der Waals surface area (Å²) in [7, 11) is 0. The maximum atomic E-state index is 12.2. The lowest BCUT2D eigenvalue weighted by atomic mass is 10.2. The monoisotopic (exact) mass is 261 g/mol. The number of halogens is 3. The van der Waals surface area contributed by atoms with Gasteiger partial charge in [-0.3, -0.25) is 0 Å². The minimum absolute atomic E-state index is 0.132. The second-order valence-corrected chi connectivity index (χ2v) is 4.57. The molecule has 0 bridgehead atoms. The van der Waals surface area contributed by atoms with E-state index >= 15 is 0 Å². The molecule has 0 saturated carbocycles. The highest BCUT2D eigenvalue weighted by molar-refractivity contribution is 5.20. The molecule has 0 atom stereocenters. The molecule has 0 amide bonds. The van der Waals surface area contributed by atoms with Crippen molar-refractivity contribution in [1.29, 1.82) is 0 Å². The molecule has 1 aromatic heterocycles. The van der Waals surface area contributed by atoms with Crippen molar-refractivity contribution in [3.63, 3.8) is 0 Å². The summed E-state index contributed by atoms with van der Waals surface area (Å²) in [5.74, 6) is 0.908. The predicted octanol–water partition coefficient (Wildman–Crippen LogP) is 2.43. The smallest absolute Gasteiger partial charge is 0.332 e. The van der Waals surface area contributed by atoms with E-state index in [-0.39, 0.29) is 6.42 Å². The lowest BCUT2D eigenvalue weighted by molar-refractivity contribution is -0.135. The van der Waals surface area contributed by atoms with E-state index in [1.807, 2.05) is 11.5 Å². The van der Waals surface area contributed by atoms with Crippen molar-refractivity contribution in [3.8, 4) is 0 Å². The Morgan fingerprint density at radius 1 is 1.39 bits per heavy atom. The highest BCUT2D eigenvalue weighted by Gasteiger charge is 2.27. The van der Waals surface area contributed by atoms with Crippen molar-refractivity contribution >= 4 is 0 Å². The summed E-state index contributed by atoms with van der Waals surface area (Å²) in [5.41, 5.74) is 2.12. The van der Waals surface area contributed by atoms with Gasteiger partial charge in [0, 0.05) is 44.6 Å². The summed E-state index contributed by atoms with van der Waals surface area (Å²) in [6.45, 7) is 4.02. The molecule has 0 saturated heterocycles. The van der Waals surface area contributed by atoms with Crippen molar-refractivity contribution in [2.45, 2.75) is 51.9 Å². The Morgan fingerprint density at radius 2 is 2.17 bits per heavy atom. The molecule has 1 aliphatic rings. The summed E-state index contributed by atoms with van der Waals surface area (Å²) in [5, 5.41) is 3.23. The average molecular weight is 261 g/mol. The highest BCUT2D eigenvalue weighted by Crippen LogP contribution is 2.23. The number of hydrogen-bond donors (Lipinski definition) is 1. The zero-order valence-electron chi connectivity index (χ0n) is 10.5. The number of fused-ring (bicyclic) bond motifs is 1. The molecule has 0 aromatic carbocycles. The Bertz CT molecular complexity index is 409. The number of nitrogens with zero attached hydrogens (tertiary/aromatic N) is 2. The second kappa shape index (κ2) is 5.30. The average Bonchev–Trinajstić information content (AvgIpc) is 2.66. The molecule has 0 unspecified atom stereocenters. The second-order valence-electron chi connectivity index (χ2n) is 4.57. The molecule has 2 rings (SSSR count). The number of aromatic nitrogens is 2. The molecule has 0 radical (unpaired) electrons. The van der Waals surface area contributed by atoms with Crippen molar-refractivity contribution in [3.05, 3.63) is 17.2 Å². The Morgan fingerprint density at radius 3 is 2.83 bits per heavy atom. The number of imidazole rings is 1. The molecule has 1 N–H and O–H groups in total. The Kier molecular flexibility index (Phi) is 3.94. The van der Waals surface area contributed by atoms with E-state index in [1.54, 1.807) is 0 Å². The van der Waals surface area contributed by atoms with Gasteiger partial charge in [0.2, 0.25) is 0 Å². The van der Waals surface area contributed by atoms with Gasteiger partial charge < -0.3 is 9.88 Å². The first-order valence-electron chi connectivity index (χ1n) is 6.36. The lowest BCUT2D eigenvalue weighted by Gasteiger charge is -2.16. The summed E-state index contributed by atoms with van der Waals surface area (Å²) in [4.78, 5) is 4.50. The zero-order valence-corrected chi connectivity index (χ0v) is 10.5. The first kappa shape index (κ1) is 13.4. The van der Waals surface area contributed by atoms with Crippen molar-refractivity contribution in [2.75, 3.05) is 6.54 Å². The summed E-state index contributed by atoms with van der Waals surface area (Å²) < 4.78 is 38.5. The topological polar surface area (TPSA) is 29.9 Å². The van der Waals surface area contributed by atoms with Crippen LogP contribution >= 0.6 is 0 Å². The fourth-order valence-electron chi connectivity index (χ4n) is 2.40. The van der Waals surface area contributed by atoms with Crippen LogP contribution in [0.3, 0.4) is 0 Å². The molecule has 6 heteroatoms. The van der Waals surface area contributed by atoms with E-state index in [9.17, 15) is 13.2 Å². The maximum absolute atomic E-state index is 12.2. The van der Waals surface area contributed by atoms with Crippen LogP contribution in [0.25, 0.3) is 0 Å². The Hall–Kier alpha value is -1.04. The van der Waals surface area contributed by atoms with Crippen LogP contribution < -0.4 is 5.32 Å². The first-order chi connectivity index (χ1) is 8.51. The van der Waals surface area contributed by atoms with Gasteiger partial charge in [-0.2, -0.15) is 13.2 Å². The normalized spacial score (nSPS) is 15.8. The van der Waals surface area contributed by atoms with Crippen LogP contribution in [0, 0.1) is 0 Å². The molecular formula is C12H18F3N3. The van der Waals surface area contributed by atoms with E-state index in [0.717, 1.165) is 43.1 Å². The Labute approximate surface area is 104 Å². The van der Waals surface area contributed by atoms with E-state index in [2.05, 4.69) is 10.3 Å². The van der Waals surface area contributed by atoms with Crippen LogP contribution in [0.5, 0.6) is 0 Å². The minimum atomic E-state index is -4.06. The van der Waals surface area contributed by atoms with Crippen molar-refractivity contribution in [1.82, 2.24) is 14.9 Å². The van der Waals surface area contributed by atoms with Gasteiger partial charge >= 0.3 is 6.18 Å². The quantitative estimate of drug-likeness (QED) is 0.902. The SMILES string of the molecule is CCc1nc2c(n1CCCC(F)(F)F)CCNC2. The minimum Gasteiger partial charge on any atom is -0.332 e. The highest BCUT2D eigenvalue weighted by atomic mass is 19.4. The molecule has 18 heavy (non-hydrogen) atoms. The van der Waals surface area contributed by atoms with Crippen molar-refractivity contribution in [2.24, 2.45) is 0 Å². The molecule has 1 aromatic rings. The van der Waals surface area contributed by atoms with Crippen LogP contribution in [0.2, 0.25) is 0 Å². The van der Waals surface area contributed by atoms with Gasteiger partial charge in [0.15, 0.2) is 0 Å². The number of hydrogen-bond acceptors (Lipinski definition) is 2. The van der Waals surface area contributed by atoms with Gasteiger partial charge in [-0.15, -0.1) is 0 Å². The van der Waals surface area contributed by atoms with E-state index in [0.29, 0.717) is 6.54 Å². The summed E-state index contributed by atoms with van der Waals surface area (Å²) in [6.07, 6.45) is -3.03. The zero-order chi connectivity index (χ0) is 13.2. The molecule has 0 aliphatic carbocycles. The molecular weight excluding hydrogens is 243 g/mol. The van der Waals surface area contributed by atoms with Crippen LogP contribution in [0.1, 0.15) is 37.0 Å². The van der Waals surface area contributed by atoms with Gasteiger partial charge in [0.1, 0.15) is 5.82 Å². The van der Waals surface area contributed by atoms with Gasteiger partial charge in [0.05, 0.1) is 5.69 Å². The van der Waals surface area contributed by atoms with Gasteiger partial charge in [0.25, 0.3) is 0 Å². The van der Waals surface area contributed by atoms with Gasteiger partial charge in [-0.05, 0) is 6.42 Å². The molecule has 102 valence electrons. The third kappa shape index (κ3) is 3.04. The molecule has 0 spiro atoms. The standard InChI is InChI=1S/C12H18F3N3/c1-2-11-17-9-8-16-6-4-10(9)18(11)7-3-5-12(13,14)15/h16H,2-8H2,1H3. The van der Waals surface area contributed by atoms with Crippen LogP contribution in [0.4, 0.5) is 13.2 Å². The number of alkyl halides is 3. The third-order valence-corrected chi connectivity index (χ3v) is 3.22. The summed E-state index contributed by atoms with van der Waals surface area (Å²) >= 11 is 0. The maximum Gasteiger partial charge on any atom is 0.389 e. The first-order valence-corrected chi connectivity index (χ1v) is 6.36. The van der Waals surface area contributed by atoms with Crippen molar-refractivity contribution < 1.29 is 13.2 Å². The molecule has 3 nitrogen and oxygen atoms in total. The van der Waals surface area contributed by atoms with E-state index < -0.39 is 12.6 Å². The lowest BCUT2D eigenvalue weighted by Crippen LogP contribution is -2.25. The third-order valence-electron chi connectivity index (χ3n) is 3.22. The van der Waals surface area contributed by atoms with Gasteiger partial charge in [-0.1, -0.05) is 6.92 Å². The molecule has 0 fully saturated rings. The number of nitrogens with one attached hydrogen (secondary N) is 1. The fraction of sp³-hybridized carbons (Fsp3) is 0.750. The van der Waals surface area contributed by atoms with Crippen LogP contribution in [0.15, 0.2) is 0 Å². The van der Waals surface area contributed by atoms with Crippen LogP contribution in [-0.2, 0) is 25.9 Å². The largest absolute Gasteiger partial charge is 0.389 e. The predicted molar refractivity (Wildman–Crippen MR) is 62.3 cm³/mol. The van der Waals surface area contributed by atoms with Gasteiger partial charge in [-0.25, -0.2) is 4.98 Å². The number of aryl methyl sites for hydroxylation is 1. The molecule has 2 heterocycles. The Balaban J connectivity index is 2.08. The van der Waals surface area contributed by atoms with E-state index in [4.69, 9.17) is 0 Å². The molecule has 1 aliphatic heterocycles. The van der Waals surface area contributed by atoms with Crippen LogP contribution in [-0.4, -0.2) is 22.3 Å².